The van der Waals surface area contributed by atoms with Crippen LogP contribution in [0.3, 0.4) is 0 Å². The van der Waals surface area contributed by atoms with Crippen molar-refractivity contribution in [3.63, 3.8) is 0 Å². The molecule has 0 N–H and O–H groups in total. The van der Waals surface area contributed by atoms with Gasteiger partial charge >= 0.3 is 0 Å². The van der Waals surface area contributed by atoms with Crippen LogP contribution in [-0.2, 0) is 36.5 Å². The van der Waals surface area contributed by atoms with Gasteiger partial charge in [0.05, 0.1) is 48.5 Å². The van der Waals surface area contributed by atoms with Crippen LogP contribution in [0.5, 0.6) is 0 Å². The highest BCUT2D eigenvalue weighted by Gasteiger charge is 2.54. The number of thiophene rings is 6. The Balaban J connectivity index is 1.21. The minimum atomic E-state index is -0.773. The number of aldehydes is 2. The first kappa shape index (κ1) is 77.0. The van der Waals surface area contributed by atoms with Crippen molar-refractivity contribution < 1.29 is 9.59 Å². The second-order valence-electron chi connectivity index (χ2n) is 30.0. The van der Waals surface area contributed by atoms with Gasteiger partial charge in [-0.15, -0.1) is 91.5 Å². The van der Waals surface area contributed by atoms with E-state index in [1.54, 1.807) is 22.7 Å². The minimum Gasteiger partial charge on any atom is -0.297 e. The summed E-state index contributed by atoms with van der Waals surface area (Å²) in [4.78, 5) is 36.8. The van der Waals surface area contributed by atoms with E-state index in [1.807, 2.05) is 45.3 Å². The van der Waals surface area contributed by atoms with E-state index in [1.165, 1.54) is 264 Å². The molecule has 2 aliphatic rings. The van der Waals surface area contributed by atoms with Crippen LogP contribution in [-0.4, -0.2) is 24.1 Å². The van der Waals surface area contributed by atoms with Crippen molar-refractivity contribution in [1.82, 2.24) is 0 Å². The van der Waals surface area contributed by atoms with Gasteiger partial charge in [-0.25, -0.2) is 0 Å². The monoisotopic (exact) mass is 1530 g/mol. The van der Waals surface area contributed by atoms with E-state index in [2.05, 4.69) is 212 Å². The molecule has 0 bridgehead atoms. The van der Waals surface area contributed by atoms with E-state index in [0.717, 1.165) is 85.2 Å². The summed E-state index contributed by atoms with van der Waals surface area (Å²) in [7, 11) is 0. The van der Waals surface area contributed by atoms with Crippen LogP contribution >= 0.6 is 91.5 Å². The molecule has 0 saturated carbocycles. The Bertz CT molecular complexity index is 4280. The van der Waals surface area contributed by atoms with Gasteiger partial charge in [-0.3, -0.25) is 9.59 Å². The molecule has 6 aromatic heterocycles. The Labute approximate surface area is 656 Å². The molecule has 2 aliphatic carbocycles. The largest absolute Gasteiger partial charge is 0.297 e. The van der Waals surface area contributed by atoms with Crippen LogP contribution in [0.4, 0.5) is 0 Å². The van der Waals surface area contributed by atoms with Gasteiger partial charge in [0.1, 0.15) is 0 Å². The summed E-state index contributed by atoms with van der Waals surface area (Å²) in [5, 5.41) is 2.72. The van der Waals surface area contributed by atoms with Gasteiger partial charge < -0.3 is 0 Å². The smallest absolute Gasteiger partial charge is 0.160 e. The lowest BCUT2D eigenvalue weighted by molar-refractivity contribution is 0.111. The number of hydrogen-bond acceptors (Lipinski definition) is 10. The fourth-order valence-electron chi connectivity index (χ4n) is 17.2. The van der Waals surface area contributed by atoms with Gasteiger partial charge in [-0.05, 0) is 179 Å². The first-order chi connectivity index (χ1) is 51.1. The summed E-state index contributed by atoms with van der Waals surface area (Å²) >= 11 is 15.7. The van der Waals surface area contributed by atoms with Gasteiger partial charge in [0, 0.05) is 52.6 Å². The molecule has 11 aromatic rings. The SMILES string of the molecule is CCCCCCc1cccc(C2(c3cccc(CCCCCC)c3)c3cc(C=O)sc3-c3sc4c(-c5ccc(SCC(CC)CCCC)s5)c5c6c(sc5c(-c5ccc(SCC(CC)CCCC)s5)c4c32)-c2sc(C=O)cc2C6(c2cccc(CCCCCC)c2)c2cccc(CCCCCC)c2)c1. The molecule has 0 spiro atoms. The van der Waals surface area contributed by atoms with Crippen LogP contribution in [0.25, 0.3) is 60.6 Å². The second-order valence-corrected chi connectivity index (χ2v) is 39.0. The molecule has 2 unspecified atom stereocenters. The van der Waals surface area contributed by atoms with Crippen LogP contribution in [0, 0.1) is 11.8 Å². The van der Waals surface area contributed by atoms with E-state index in [4.69, 9.17) is 0 Å². The molecule has 0 aliphatic heterocycles. The topological polar surface area (TPSA) is 34.1 Å². The average Bonchev–Trinajstić information content (AvgIpc) is 1.49. The van der Waals surface area contributed by atoms with Crippen molar-refractivity contribution in [2.45, 2.75) is 254 Å². The van der Waals surface area contributed by atoms with Gasteiger partial charge in [-0.1, -0.05) is 268 Å². The summed E-state index contributed by atoms with van der Waals surface area (Å²) in [6.45, 7) is 18.7. The van der Waals surface area contributed by atoms with Gasteiger partial charge in [0.15, 0.2) is 12.6 Å². The zero-order valence-electron chi connectivity index (χ0n) is 63.3. The maximum atomic E-state index is 13.8. The predicted molar refractivity (Wildman–Crippen MR) is 464 cm³/mol. The molecule has 5 aromatic carbocycles. The summed E-state index contributed by atoms with van der Waals surface area (Å²) in [6.07, 6.45) is 35.5. The van der Waals surface area contributed by atoms with Crippen molar-refractivity contribution in [2.75, 3.05) is 11.5 Å². The quantitative estimate of drug-likeness (QED) is 0.0217. The fourth-order valence-corrected chi connectivity index (χ4v) is 27.5. The number of thioether (sulfide) groups is 2. The summed E-state index contributed by atoms with van der Waals surface area (Å²) in [6, 6.07) is 53.9. The lowest BCUT2D eigenvalue weighted by Gasteiger charge is -2.35. The lowest BCUT2D eigenvalue weighted by atomic mass is 9.65. The first-order valence-electron chi connectivity index (χ1n) is 40.3. The highest BCUT2D eigenvalue weighted by molar-refractivity contribution is 8.01. The number of benzene rings is 5. The molecule has 104 heavy (non-hydrogen) atoms. The lowest BCUT2D eigenvalue weighted by Crippen LogP contribution is -2.29. The fraction of sp³-hybridized carbons (Fsp3) is 0.447. The van der Waals surface area contributed by atoms with E-state index < -0.39 is 10.8 Å². The molecule has 6 heterocycles. The van der Waals surface area contributed by atoms with Crippen molar-refractivity contribution >= 4 is 124 Å². The molecule has 0 amide bonds. The molecule has 0 radical (unpaired) electrons. The molecule has 2 atom stereocenters. The average molecular weight is 1530 g/mol. The Kier molecular flexibility index (Phi) is 26.9. The Morgan fingerprint density at radius 3 is 1.00 bits per heavy atom. The Morgan fingerprint density at radius 2 is 0.692 bits per heavy atom. The van der Waals surface area contributed by atoms with Crippen molar-refractivity contribution in [2.24, 2.45) is 11.8 Å². The van der Waals surface area contributed by atoms with Crippen LogP contribution in [0.15, 0.2) is 142 Å². The van der Waals surface area contributed by atoms with E-state index in [0.29, 0.717) is 11.8 Å². The standard InChI is InChI=1S/C94H110O2S8/c1-9-17-23-27-37-65-41-31-45-69(53-65)93(70-46-32-42-66(54-70)38-28-24-18-10-2)75-57-73(59-95)99-87(75)91-85(93)83-81(77-49-51-79(101-77)97-61-63(15-7)35-21-13-5)90-84(82(89(83)103-91)78-50-52-80(102-78)98-62-64(16-8)36-22-14-6)86-92(104-90)88-76(58-74(60-96)100-88)94(86,71-47-33-43-67(55-71)39-29-25-19-11-3)72-48-34-44-68(56-72)40-30-26-20-12-4/h31-34,41-60,63-64H,9-30,35-40,61-62H2,1-8H3. The van der Waals surface area contributed by atoms with Crippen molar-refractivity contribution in [3.8, 4) is 40.4 Å². The third kappa shape index (κ3) is 15.6. The highest BCUT2D eigenvalue weighted by atomic mass is 32.2. The summed E-state index contributed by atoms with van der Waals surface area (Å²) < 4.78 is 5.44. The number of fused-ring (bicyclic) bond motifs is 10. The second kappa shape index (κ2) is 36.4. The molecule has 10 heteroatoms. The van der Waals surface area contributed by atoms with E-state index in [9.17, 15) is 9.59 Å². The summed E-state index contributed by atoms with van der Waals surface area (Å²) in [5.74, 6) is 3.55. The van der Waals surface area contributed by atoms with Crippen LogP contribution in [0.2, 0.25) is 0 Å². The van der Waals surface area contributed by atoms with Gasteiger partial charge in [0.2, 0.25) is 0 Å². The predicted octanol–water partition coefficient (Wildman–Crippen LogP) is 31.2. The number of aryl methyl sites for hydroxylation is 4. The molecular formula is C94H110O2S8. The third-order valence-corrected chi connectivity index (χ3v) is 32.8. The van der Waals surface area contributed by atoms with Gasteiger partial charge in [-0.2, -0.15) is 0 Å². The Morgan fingerprint density at radius 1 is 0.356 bits per heavy atom. The maximum absolute atomic E-state index is 13.8. The molecule has 13 rings (SSSR count). The molecule has 2 nitrogen and oxygen atoms in total. The molecular weight excluding hydrogens is 1420 g/mol. The van der Waals surface area contributed by atoms with Crippen LogP contribution in [0.1, 0.15) is 296 Å². The zero-order valence-corrected chi connectivity index (χ0v) is 69.8. The number of unbranched alkanes of at least 4 members (excludes halogenated alkanes) is 14. The number of hydrogen-bond donors (Lipinski definition) is 0. The number of carbonyl (C=O) groups is 2. The molecule has 0 fully saturated rings. The van der Waals surface area contributed by atoms with Crippen molar-refractivity contribution in [3.05, 3.63) is 210 Å². The van der Waals surface area contributed by atoms with E-state index >= 15 is 0 Å². The van der Waals surface area contributed by atoms with E-state index in [-0.39, 0.29) is 0 Å². The molecule has 0 saturated heterocycles. The molecule has 546 valence electrons. The zero-order chi connectivity index (χ0) is 72.2. The minimum absolute atomic E-state index is 0.663. The summed E-state index contributed by atoms with van der Waals surface area (Å²) in [5.41, 5.74) is 17.1. The third-order valence-electron chi connectivity index (χ3n) is 22.9. The number of carbonyl (C=O) groups excluding carboxylic acids is 2. The first-order valence-corrected chi connectivity index (χ1v) is 47.1. The normalized spacial score (nSPS) is 14.0. The van der Waals surface area contributed by atoms with Crippen molar-refractivity contribution in [1.29, 1.82) is 0 Å². The maximum Gasteiger partial charge on any atom is 0.160 e. The van der Waals surface area contributed by atoms with Gasteiger partial charge in [0.25, 0.3) is 0 Å². The Hall–Kier alpha value is -5.14. The number of rotatable bonds is 42. The van der Waals surface area contributed by atoms with Crippen LogP contribution < -0.4 is 0 Å². The highest BCUT2D eigenvalue weighted by Crippen LogP contribution is 2.71.